The van der Waals surface area contributed by atoms with Crippen molar-refractivity contribution in [2.24, 2.45) is 5.73 Å². The minimum Gasteiger partial charge on any atom is -0.491 e. The van der Waals surface area contributed by atoms with E-state index in [9.17, 15) is 0 Å². The summed E-state index contributed by atoms with van der Waals surface area (Å²) in [5.41, 5.74) is 6.87. The van der Waals surface area contributed by atoms with Crippen LogP contribution in [0.5, 0.6) is 5.75 Å². The van der Waals surface area contributed by atoms with E-state index in [2.05, 4.69) is 0 Å². The molecule has 2 heteroatoms. The van der Waals surface area contributed by atoms with Crippen molar-refractivity contribution in [3.05, 3.63) is 29.8 Å². The molecular weight excluding hydrogens is 162 g/mol. The number of nitrogens with two attached hydrogens (primary N) is 1. The SMILES string of the molecule is CC(C)Oc1cccc([C@@H](C)N)c1. The summed E-state index contributed by atoms with van der Waals surface area (Å²) >= 11 is 0. The molecule has 72 valence electrons. The average Bonchev–Trinajstić information content (AvgIpc) is 2.03. The molecule has 0 aliphatic carbocycles. The summed E-state index contributed by atoms with van der Waals surface area (Å²) in [6.07, 6.45) is 0.211. The molecule has 0 aromatic heterocycles. The van der Waals surface area contributed by atoms with E-state index in [4.69, 9.17) is 10.5 Å². The fourth-order valence-corrected chi connectivity index (χ4v) is 1.14. The van der Waals surface area contributed by atoms with Gasteiger partial charge in [-0.05, 0) is 38.5 Å². The zero-order valence-corrected chi connectivity index (χ0v) is 8.45. The Morgan fingerprint density at radius 1 is 1.23 bits per heavy atom. The molecule has 0 fully saturated rings. The van der Waals surface area contributed by atoms with Gasteiger partial charge in [0.05, 0.1) is 6.10 Å². The van der Waals surface area contributed by atoms with Crippen molar-refractivity contribution in [2.45, 2.75) is 32.9 Å². The van der Waals surface area contributed by atoms with Gasteiger partial charge < -0.3 is 10.5 Å². The Bertz CT molecular complexity index is 269. The van der Waals surface area contributed by atoms with Crippen LogP contribution in [0, 0.1) is 0 Å². The lowest BCUT2D eigenvalue weighted by atomic mass is 10.1. The van der Waals surface area contributed by atoms with E-state index < -0.39 is 0 Å². The predicted molar refractivity (Wildman–Crippen MR) is 54.8 cm³/mol. The Morgan fingerprint density at radius 2 is 1.92 bits per heavy atom. The van der Waals surface area contributed by atoms with Crippen LogP contribution in [0.25, 0.3) is 0 Å². The Balaban J connectivity index is 2.79. The minimum absolute atomic E-state index is 0.0655. The van der Waals surface area contributed by atoms with Gasteiger partial charge in [-0.15, -0.1) is 0 Å². The zero-order valence-electron chi connectivity index (χ0n) is 8.45. The van der Waals surface area contributed by atoms with Gasteiger partial charge in [0.25, 0.3) is 0 Å². The van der Waals surface area contributed by atoms with Gasteiger partial charge in [0, 0.05) is 6.04 Å². The summed E-state index contributed by atoms with van der Waals surface area (Å²) in [6.45, 7) is 5.99. The summed E-state index contributed by atoms with van der Waals surface area (Å²) in [5, 5.41) is 0. The average molecular weight is 179 g/mol. The van der Waals surface area contributed by atoms with Crippen LogP contribution in [0.1, 0.15) is 32.4 Å². The molecule has 1 aromatic carbocycles. The van der Waals surface area contributed by atoms with Crippen molar-refractivity contribution >= 4 is 0 Å². The monoisotopic (exact) mass is 179 g/mol. The molecule has 0 radical (unpaired) electrons. The smallest absolute Gasteiger partial charge is 0.120 e. The van der Waals surface area contributed by atoms with Crippen LogP contribution in [0.3, 0.4) is 0 Å². The predicted octanol–water partition coefficient (Wildman–Crippen LogP) is 2.49. The first-order valence-corrected chi connectivity index (χ1v) is 4.62. The number of hydrogen-bond acceptors (Lipinski definition) is 2. The summed E-state index contributed by atoms with van der Waals surface area (Å²) < 4.78 is 5.55. The van der Waals surface area contributed by atoms with E-state index in [-0.39, 0.29) is 12.1 Å². The van der Waals surface area contributed by atoms with Gasteiger partial charge in [-0.3, -0.25) is 0 Å². The summed E-state index contributed by atoms with van der Waals surface area (Å²) in [4.78, 5) is 0. The van der Waals surface area contributed by atoms with E-state index in [1.807, 2.05) is 45.0 Å². The maximum absolute atomic E-state index is 5.76. The number of ether oxygens (including phenoxy) is 1. The first-order valence-electron chi connectivity index (χ1n) is 4.62. The quantitative estimate of drug-likeness (QED) is 0.773. The van der Waals surface area contributed by atoms with Crippen LogP contribution in [0.2, 0.25) is 0 Å². The second kappa shape index (κ2) is 4.28. The second-order valence-electron chi connectivity index (χ2n) is 3.53. The molecule has 1 aromatic rings. The van der Waals surface area contributed by atoms with Crippen molar-refractivity contribution in [1.29, 1.82) is 0 Å². The van der Waals surface area contributed by atoms with E-state index in [0.29, 0.717) is 0 Å². The Kier molecular flexibility index (Phi) is 3.32. The molecule has 0 heterocycles. The number of hydrogen-bond donors (Lipinski definition) is 1. The number of benzene rings is 1. The van der Waals surface area contributed by atoms with Crippen molar-refractivity contribution in [2.75, 3.05) is 0 Å². The maximum atomic E-state index is 5.76. The molecule has 0 unspecified atom stereocenters. The van der Waals surface area contributed by atoms with E-state index in [1.165, 1.54) is 0 Å². The largest absolute Gasteiger partial charge is 0.491 e. The lowest BCUT2D eigenvalue weighted by molar-refractivity contribution is 0.242. The van der Waals surface area contributed by atoms with Crippen molar-refractivity contribution in [1.82, 2.24) is 0 Å². The maximum Gasteiger partial charge on any atom is 0.120 e. The zero-order chi connectivity index (χ0) is 9.84. The Hall–Kier alpha value is -1.02. The van der Waals surface area contributed by atoms with Crippen LogP contribution in [-0.4, -0.2) is 6.10 Å². The summed E-state index contributed by atoms with van der Waals surface area (Å²) in [7, 11) is 0. The van der Waals surface area contributed by atoms with Crippen LogP contribution in [-0.2, 0) is 0 Å². The van der Waals surface area contributed by atoms with Crippen LogP contribution < -0.4 is 10.5 Å². The van der Waals surface area contributed by atoms with Crippen LogP contribution in [0.4, 0.5) is 0 Å². The van der Waals surface area contributed by atoms with E-state index in [1.54, 1.807) is 0 Å². The highest BCUT2D eigenvalue weighted by molar-refractivity contribution is 5.30. The van der Waals surface area contributed by atoms with Crippen molar-refractivity contribution < 1.29 is 4.74 Å². The third-order valence-corrected chi connectivity index (χ3v) is 1.76. The van der Waals surface area contributed by atoms with Crippen LogP contribution >= 0.6 is 0 Å². The molecule has 1 atom stereocenters. The highest BCUT2D eigenvalue weighted by Gasteiger charge is 2.01. The standard InChI is InChI=1S/C11H17NO/c1-8(2)13-11-6-4-5-10(7-11)9(3)12/h4-9H,12H2,1-3H3/t9-/m1/s1. The Morgan fingerprint density at radius 3 is 2.46 bits per heavy atom. The topological polar surface area (TPSA) is 35.2 Å². The molecule has 13 heavy (non-hydrogen) atoms. The summed E-state index contributed by atoms with van der Waals surface area (Å²) in [5.74, 6) is 0.893. The summed E-state index contributed by atoms with van der Waals surface area (Å²) in [6, 6.07) is 7.99. The molecule has 0 saturated carbocycles. The fourth-order valence-electron chi connectivity index (χ4n) is 1.14. The van der Waals surface area contributed by atoms with Gasteiger partial charge >= 0.3 is 0 Å². The third kappa shape index (κ3) is 3.07. The van der Waals surface area contributed by atoms with Gasteiger partial charge in [0.1, 0.15) is 5.75 Å². The van der Waals surface area contributed by atoms with E-state index in [0.717, 1.165) is 11.3 Å². The molecule has 2 N–H and O–H groups in total. The van der Waals surface area contributed by atoms with Crippen molar-refractivity contribution in [3.63, 3.8) is 0 Å². The molecule has 0 aliphatic heterocycles. The molecular formula is C11H17NO. The van der Waals surface area contributed by atoms with E-state index >= 15 is 0 Å². The second-order valence-corrected chi connectivity index (χ2v) is 3.53. The highest BCUT2D eigenvalue weighted by Crippen LogP contribution is 2.18. The molecule has 1 rings (SSSR count). The van der Waals surface area contributed by atoms with Gasteiger partial charge in [-0.1, -0.05) is 12.1 Å². The molecule has 0 saturated heterocycles. The minimum atomic E-state index is 0.0655. The molecule has 0 amide bonds. The normalized spacial score (nSPS) is 13.0. The molecule has 2 nitrogen and oxygen atoms in total. The lowest BCUT2D eigenvalue weighted by Gasteiger charge is -2.12. The molecule has 0 aliphatic rings. The van der Waals surface area contributed by atoms with Gasteiger partial charge in [0.2, 0.25) is 0 Å². The number of rotatable bonds is 3. The van der Waals surface area contributed by atoms with Gasteiger partial charge in [-0.2, -0.15) is 0 Å². The Labute approximate surface area is 79.7 Å². The first-order chi connectivity index (χ1) is 6.09. The lowest BCUT2D eigenvalue weighted by Crippen LogP contribution is -2.08. The van der Waals surface area contributed by atoms with Gasteiger partial charge in [0.15, 0.2) is 0 Å². The molecule has 0 bridgehead atoms. The third-order valence-electron chi connectivity index (χ3n) is 1.76. The molecule has 0 spiro atoms. The van der Waals surface area contributed by atoms with Crippen LogP contribution in [0.15, 0.2) is 24.3 Å². The van der Waals surface area contributed by atoms with Crippen molar-refractivity contribution in [3.8, 4) is 5.75 Å². The first kappa shape index (κ1) is 10.1. The highest BCUT2D eigenvalue weighted by atomic mass is 16.5. The fraction of sp³-hybridized carbons (Fsp3) is 0.455. The van der Waals surface area contributed by atoms with Gasteiger partial charge in [-0.25, -0.2) is 0 Å².